The highest BCUT2D eigenvalue weighted by molar-refractivity contribution is 5.72. The summed E-state index contributed by atoms with van der Waals surface area (Å²) in [7, 11) is 0. The van der Waals surface area contributed by atoms with Gasteiger partial charge in [-0.25, -0.2) is 15.0 Å². The van der Waals surface area contributed by atoms with Gasteiger partial charge >= 0.3 is 12.1 Å². The summed E-state index contributed by atoms with van der Waals surface area (Å²) in [4.78, 5) is 19.9. The van der Waals surface area contributed by atoms with Crippen molar-refractivity contribution in [3.05, 3.63) is 0 Å². The van der Waals surface area contributed by atoms with Gasteiger partial charge in [0, 0.05) is 0 Å². The van der Waals surface area contributed by atoms with Gasteiger partial charge in [-0.3, -0.25) is 5.43 Å². The molecule has 7 N–H and O–H groups in total. The van der Waals surface area contributed by atoms with Gasteiger partial charge in [-0.2, -0.15) is 0 Å². The zero-order valence-electron chi connectivity index (χ0n) is 5.18. The molecular weight excluding hydrogens is 138 g/mol. The minimum atomic E-state index is -0.730. The Labute approximate surface area is 57.1 Å². The van der Waals surface area contributed by atoms with E-state index in [4.69, 9.17) is 0 Å². The molecule has 0 unspecified atom stereocenters. The number of carbonyl (C=O) groups is 2. The number of nitrogens with two attached hydrogens (primary N) is 2. The zero-order valence-corrected chi connectivity index (χ0v) is 5.18. The molecular formula is C3H9N5O2. The number of hydrogen-bond acceptors (Lipinski definition) is 3. The lowest BCUT2D eigenvalue weighted by Gasteiger charge is -2.03. The number of hydrogen-bond donors (Lipinski definition) is 5. The van der Waals surface area contributed by atoms with Crippen molar-refractivity contribution in [3.63, 3.8) is 0 Å². The van der Waals surface area contributed by atoms with Gasteiger partial charge in [-0.05, 0) is 0 Å². The molecule has 0 aliphatic carbocycles. The van der Waals surface area contributed by atoms with E-state index in [1.165, 1.54) is 0 Å². The predicted octanol–water partition coefficient (Wildman–Crippen LogP) is -2.21. The largest absolute Gasteiger partial charge is 0.352 e. The van der Waals surface area contributed by atoms with Crippen LogP contribution in [0.1, 0.15) is 0 Å². The van der Waals surface area contributed by atoms with Crippen LogP contribution < -0.4 is 27.6 Å². The normalized spacial score (nSPS) is 8.40. The molecule has 0 aromatic carbocycles. The van der Waals surface area contributed by atoms with Crippen molar-refractivity contribution in [2.45, 2.75) is 0 Å². The van der Waals surface area contributed by atoms with Crippen LogP contribution in [0.3, 0.4) is 0 Å². The molecule has 0 saturated carbocycles. The monoisotopic (exact) mass is 147 g/mol. The summed E-state index contributed by atoms with van der Waals surface area (Å²) in [6.45, 7) is 0.0400. The summed E-state index contributed by atoms with van der Waals surface area (Å²) in [5.41, 5.74) is 13.6. The van der Waals surface area contributed by atoms with E-state index in [1.54, 1.807) is 0 Å². The Morgan fingerprint density at radius 1 is 1.20 bits per heavy atom. The minimum Gasteiger partial charge on any atom is -0.352 e. The first-order valence-corrected chi connectivity index (χ1v) is 2.44. The van der Waals surface area contributed by atoms with Crippen LogP contribution >= 0.6 is 0 Å². The van der Waals surface area contributed by atoms with Crippen LogP contribution in [0.2, 0.25) is 0 Å². The Hall–Kier alpha value is -1.50. The zero-order chi connectivity index (χ0) is 7.98. The number of primary amides is 2. The topological polar surface area (TPSA) is 122 Å². The molecule has 0 spiro atoms. The number of urea groups is 2. The molecule has 0 radical (unpaired) electrons. The molecule has 7 heteroatoms. The van der Waals surface area contributed by atoms with Gasteiger partial charge in [0.2, 0.25) is 0 Å². The maximum Gasteiger partial charge on any atom is 0.326 e. The molecule has 0 rings (SSSR count). The van der Waals surface area contributed by atoms with Crippen molar-refractivity contribution in [2.24, 2.45) is 11.5 Å². The molecule has 0 bridgehead atoms. The lowest BCUT2D eigenvalue weighted by Crippen LogP contribution is -2.47. The fourth-order valence-electron chi connectivity index (χ4n) is 0.263. The smallest absolute Gasteiger partial charge is 0.326 e. The third kappa shape index (κ3) is 6.50. The van der Waals surface area contributed by atoms with Gasteiger partial charge in [-0.15, -0.1) is 0 Å². The number of carbonyl (C=O) groups excluding carboxylic acids is 2. The first-order chi connectivity index (χ1) is 4.63. The lowest BCUT2D eigenvalue weighted by atomic mass is 10.9. The molecule has 4 amide bonds. The number of rotatable bonds is 3. The Morgan fingerprint density at radius 2 is 1.80 bits per heavy atom. The Morgan fingerprint density at radius 3 is 2.20 bits per heavy atom. The van der Waals surface area contributed by atoms with E-state index in [2.05, 4.69) is 22.2 Å². The summed E-state index contributed by atoms with van der Waals surface area (Å²) < 4.78 is 0. The van der Waals surface area contributed by atoms with E-state index < -0.39 is 12.1 Å². The molecule has 7 nitrogen and oxygen atoms in total. The van der Waals surface area contributed by atoms with Crippen molar-refractivity contribution in [2.75, 3.05) is 6.67 Å². The number of nitrogens with one attached hydrogen (secondary N) is 3. The Bertz CT molecular complexity index is 119. The van der Waals surface area contributed by atoms with Crippen LogP contribution in [0, 0.1) is 0 Å². The molecule has 0 saturated heterocycles. The maximum absolute atomic E-state index is 9.97. The van der Waals surface area contributed by atoms with E-state index in [9.17, 15) is 9.59 Å². The van der Waals surface area contributed by atoms with Crippen molar-refractivity contribution in [1.29, 1.82) is 0 Å². The van der Waals surface area contributed by atoms with Gasteiger partial charge in [0.05, 0.1) is 6.67 Å². The SMILES string of the molecule is NC(=O)NCNNC(N)=O. The van der Waals surface area contributed by atoms with Crippen molar-refractivity contribution in [1.82, 2.24) is 16.2 Å². The van der Waals surface area contributed by atoms with Crippen LogP contribution in [0.4, 0.5) is 9.59 Å². The molecule has 0 aliphatic heterocycles. The van der Waals surface area contributed by atoms with Gasteiger partial charge in [0.25, 0.3) is 0 Å². The van der Waals surface area contributed by atoms with E-state index in [0.717, 1.165) is 0 Å². The second-order valence-electron chi connectivity index (χ2n) is 1.38. The van der Waals surface area contributed by atoms with Crippen LogP contribution in [0.5, 0.6) is 0 Å². The van der Waals surface area contributed by atoms with Crippen molar-refractivity contribution < 1.29 is 9.59 Å². The van der Waals surface area contributed by atoms with Gasteiger partial charge in [0.1, 0.15) is 0 Å². The van der Waals surface area contributed by atoms with E-state index in [0.29, 0.717) is 0 Å². The van der Waals surface area contributed by atoms with Gasteiger partial charge in [-0.1, -0.05) is 0 Å². The van der Waals surface area contributed by atoms with Crippen LogP contribution in [0.25, 0.3) is 0 Å². The first-order valence-electron chi connectivity index (χ1n) is 2.44. The third-order valence-corrected chi connectivity index (χ3v) is 0.563. The number of hydrazine groups is 1. The molecule has 0 aromatic rings. The van der Waals surface area contributed by atoms with Gasteiger partial charge in [0.15, 0.2) is 0 Å². The minimum absolute atomic E-state index is 0.0400. The molecule has 58 valence electrons. The molecule has 0 aromatic heterocycles. The Balaban J connectivity index is 3.06. The third-order valence-electron chi connectivity index (χ3n) is 0.563. The summed E-state index contributed by atoms with van der Waals surface area (Å²) in [5.74, 6) is 0. The summed E-state index contributed by atoms with van der Waals surface area (Å²) in [5, 5.41) is 2.16. The van der Waals surface area contributed by atoms with Crippen LogP contribution in [-0.2, 0) is 0 Å². The van der Waals surface area contributed by atoms with Crippen molar-refractivity contribution in [3.8, 4) is 0 Å². The highest BCUT2D eigenvalue weighted by Gasteiger charge is 1.89. The average molecular weight is 147 g/mol. The van der Waals surface area contributed by atoms with E-state index >= 15 is 0 Å². The molecule has 0 heterocycles. The second-order valence-corrected chi connectivity index (χ2v) is 1.38. The fraction of sp³-hybridized carbons (Fsp3) is 0.333. The quantitative estimate of drug-likeness (QED) is 0.176. The molecule has 0 aliphatic rings. The predicted molar refractivity (Wildman–Crippen MR) is 33.4 cm³/mol. The van der Waals surface area contributed by atoms with Crippen molar-refractivity contribution >= 4 is 12.1 Å². The first kappa shape index (κ1) is 8.50. The van der Waals surface area contributed by atoms with Crippen LogP contribution in [0.15, 0.2) is 0 Å². The molecule has 0 fully saturated rings. The second kappa shape index (κ2) is 4.39. The van der Waals surface area contributed by atoms with Crippen LogP contribution in [-0.4, -0.2) is 18.7 Å². The number of amides is 4. The van der Waals surface area contributed by atoms with Gasteiger partial charge < -0.3 is 16.8 Å². The lowest BCUT2D eigenvalue weighted by molar-refractivity contribution is 0.239. The highest BCUT2D eigenvalue weighted by atomic mass is 16.2. The fourth-order valence-corrected chi connectivity index (χ4v) is 0.263. The Kier molecular flexibility index (Phi) is 3.73. The van der Waals surface area contributed by atoms with E-state index in [1.807, 2.05) is 5.43 Å². The summed E-state index contributed by atoms with van der Waals surface area (Å²) >= 11 is 0. The molecule has 0 atom stereocenters. The average Bonchev–Trinajstić information content (AvgIpc) is 1.79. The standard InChI is InChI=1S/C3H9N5O2/c4-2(9)6-1-7-8-3(5)10/h7H,1H2,(H3,4,6,9)(H3,5,8,10). The maximum atomic E-state index is 9.97. The molecule has 10 heavy (non-hydrogen) atoms. The van der Waals surface area contributed by atoms with E-state index in [-0.39, 0.29) is 6.67 Å². The highest BCUT2D eigenvalue weighted by Crippen LogP contribution is 1.51. The summed E-state index contributed by atoms with van der Waals surface area (Å²) in [6, 6.07) is -1.41. The summed E-state index contributed by atoms with van der Waals surface area (Å²) in [6.07, 6.45) is 0.